The average Bonchev–Trinajstić information content (AvgIpc) is 3.80. The molecule has 2 saturated heterocycles. The molecule has 4 aromatic rings. The standard InChI is InChI=1S/C23H34N10O20P4/c1-31-6-33(17-11(31)19(38)30-23(25)28-17)21-15(47-2)13(35)9(51-21)4-49-57(45,46)53-55(41,42)7-54(39,40)52-56(43,44)48-3-8-12(34)14(36)20(50-8)32-5-26-10-16(32)27-22(24)29-18(10)37/h5-6,8-9,12-15,20-21,34-36H,3-4,7H2,1-2H3,(H9-,24,25,27,28,29,30,37,38,39,40,41,42,43,44,45,46)/p+1/t8-,9-,12-,13-,14-,15-,20-,21-/m1/s1. The molecule has 34 heteroatoms. The van der Waals surface area contributed by atoms with Crippen LogP contribution in [0.15, 0.2) is 22.2 Å². The summed E-state index contributed by atoms with van der Waals surface area (Å²) in [7, 11) is -20.1. The van der Waals surface area contributed by atoms with Gasteiger partial charge >= 0.3 is 36.5 Å². The van der Waals surface area contributed by atoms with Crippen molar-refractivity contribution < 1.29 is 89.6 Å². The third kappa shape index (κ3) is 9.13. The maximum atomic E-state index is 12.7. The van der Waals surface area contributed by atoms with Gasteiger partial charge in [0.1, 0.15) is 36.6 Å². The Balaban J connectivity index is 1.04. The number of nitrogens with two attached hydrogens (primary N) is 2. The Morgan fingerprint density at radius 1 is 0.860 bits per heavy atom. The zero-order chi connectivity index (χ0) is 42.0. The molecule has 0 amide bonds. The lowest BCUT2D eigenvalue weighted by Crippen LogP contribution is -2.47. The van der Waals surface area contributed by atoms with E-state index in [1.807, 2.05) is 0 Å². The first-order valence-electron chi connectivity index (χ1n) is 15.8. The van der Waals surface area contributed by atoms with E-state index in [4.69, 9.17) is 30.2 Å². The van der Waals surface area contributed by atoms with Gasteiger partial charge in [0.15, 0.2) is 29.6 Å². The van der Waals surface area contributed by atoms with Gasteiger partial charge in [-0.15, -0.1) is 0 Å². The van der Waals surface area contributed by atoms with Crippen LogP contribution in [0, 0.1) is 0 Å². The molecule has 2 aliphatic rings. The van der Waals surface area contributed by atoms with Crippen molar-refractivity contribution in [3.8, 4) is 0 Å². The van der Waals surface area contributed by atoms with Crippen LogP contribution in [0.3, 0.4) is 0 Å². The van der Waals surface area contributed by atoms with Crippen molar-refractivity contribution in [2.75, 3.05) is 37.7 Å². The lowest BCUT2D eigenvalue weighted by Gasteiger charge is -2.22. The van der Waals surface area contributed by atoms with Gasteiger partial charge < -0.3 is 60.6 Å². The van der Waals surface area contributed by atoms with Crippen LogP contribution in [0.25, 0.3) is 22.3 Å². The zero-order valence-corrected chi connectivity index (χ0v) is 32.5. The topological polar surface area (TPSA) is 445 Å². The van der Waals surface area contributed by atoms with Gasteiger partial charge in [-0.05, 0) is 0 Å². The minimum absolute atomic E-state index is 0.00517. The number of nitrogens with zero attached hydrogens (tertiary/aromatic N) is 6. The van der Waals surface area contributed by atoms with Crippen molar-refractivity contribution in [1.82, 2.24) is 34.1 Å². The molecular weight excluding hydrogens is 860 g/mol. The van der Waals surface area contributed by atoms with Crippen molar-refractivity contribution >= 4 is 65.1 Å². The number of fused-ring (bicyclic) bond motifs is 2. The number of aliphatic hydroxyl groups is 3. The summed E-state index contributed by atoms with van der Waals surface area (Å²) in [4.78, 5) is 81.4. The van der Waals surface area contributed by atoms with Gasteiger partial charge in [0.25, 0.3) is 17.1 Å². The van der Waals surface area contributed by atoms with E-state index in [0.29, 0.717) is 0 Å². The Morgan fingerprint density at radius 3 is 2.02 bits per heavy atom. The van der Waals surface area contributed by atoms with E-state index in [1.165, 1.54) is 29.6 Å². The highest BCUT2D eigenvalue weighted by Crippen LogP contribution is 2.70. The summed E-state index contributed by atoms with van der Waals surface area (Å²) in [5, 5.41) is 31.8. The van der Waals surface area contributed by atoms with Crippen molar-refractivity contribution in [2.45, 2.75) is 49.1 Å². The molecule has 4 unspecified atom stereocenters. The molecule has 0 aliphatic carbocycles. The summed E-state index contributed by atoms with van der Waals surface area (Å²) in [5.74, 6) is -2.65. The first-order chi connectivity index (χ1) is 26.4. The van der Waals surface area contributed by atoms with Crippen LogP contribution in [0.1, 0.15) is 12.5 Å². The molecule has 4 aromatic heterocycles. The number of phosphoric ester groups is 2. The van der Waals surface area contributed by atoms with E-state index < -0.39 is 110 Å². The van der Waals surface area contributed by atoms with Gasteiger partial charge in [-0.25, -0.2) is 27.3 Å². The molecular formula is C23H35N10O20P4+. The van der Waals surface area contributed by atoms with Gasteiger partial charge in [-0.3, -0.25) is 46.9 Å². The molecule has 12 atom stereocenters. The number of imidazole rings is 2. The average molecular weight is 895 g/mol. The molecule has 2 fully saturated rings. The quantitative estimate of drug-likeness (QED) is 0.0404. The van der Waals surface area contributed by atoms with Crippen molar-refractivity contribution in [2.24, 2.45) is 7.05 Å². The van der Waals surface area contributed by atoms with Crippen LogP contribution in [-0.2, 0) is 57.2 Å². The SMILES string of the molecule is CO[C@@H]1[C@H](O)[C@@H](COP(=O)(O)OP(=O)(O)CP(=O)(O)OP(=O)(O)OC[C@H]2O[C@@H](n3cnc4c(=O)[nH]c(N)nc43)[C@H](O)[C@@H]2O)O[C@H]1[n+]1cn(C)c2c(=O)[nH]c(N)nc21. The number of phosphoric acid groups is 2. The summed E-state index contributed by atoms with van der Waals surface area (Å²) >= 11 is 0. The first kappa shape index (κ1) is 43.2. The second-order valence-electron chi connectivity index (χ2n) is 12.4. The van der Waals surface area contributed by atoms with E-state index in [2.05, 4.69) is 38.1 Å². The number of H-pyrrole nitrogens is 2. The van der Waals surface area contributed by atoms with E-state index in [0.717, 1.165) is 10.9 Å². The highest BCUT2D eigenvalue weighted by Gasteiger charge is 2.51. The summed E-state index contributed by atoms with van der Waals surface area (Å²) in [6.45, 7) is -2.13. The molecule has 316 valence electrons. The lowest BCUT2D eigenvalue weighted by molar-refractivity contribution is -0.746. The number of aryl methyl sites for hydroxylation is 1. The number of aromatic amines is 2. The van der Waals surface area contributed by atoms with E-state index in [-0.39, 0.29) is 34.2 Å². The number of rotatable bonds is 15. The molecule has 13 N–H and O–H groups in total. The zero-order valence-electron chi connectivity index (χ0n) is 29.0. The molecule has 6 heterocycles. The maximum Gasteiger partial charge on any atom is 0.479 e. The van der Waals surface area contributed by atoms with Gasteiger partial charge in [0, 0.05) is 7.11 Å². The molecule has 2 aliphatic heterocycles. The number of methoxy groups -OCH3 is 1. The minimum atomic E-state index is -5.74. The number of aliphatic hydroxyl groups excluding tert-OH is 3. The molecule has 0 bridgehead atoms. The second-order valence-corrected chi connectivity index (χ2v) is 19.8. The fourth-order valence-corrected chi connectivity index (χ4v) is 12.8. The van der Waals surface area contributed by atoms with E-state index in [1.54, 1.807) is 0 Å². The minimum Gasteiger partial charge on any atom is -0.387 e. The fourth-order valence-electron chi connectivity index (χ4n) is 6.00. The number of aromatic nitrogens is 8. The van der Waals surface area contributed by atoms with Crippen LogP contribution in [0.2, 0.25) is 0 Å². The molecule has 0 aromatic carbocycles. The molecule has 6 rings (SSSR count). The van der Waals surface area contributed by atoms with Gasteiger partial charge in [-0.2, -0.15) is 4.98 Å². The second kappa shape index (κ2) is 15.7. The number of nitrogens with one attached hydrogen (secondary N) is 2. The number of hydrogen-bond donors (Lipinski definition) is 11. The monoisotopic (exact) mass is 895 g/mol. The van der Waals surface area contributed by atoms with Crippen LogP contribution < -0.4 is 27.2 Å². The highest BCUT2D eigenvalue weighted by molar-refractivity contribution is 7.76. The number of hydrogen-bond acceptors (Lipinski definition) is 21. The number of ether oxygens (including phenoxy) is 3. The number of nitrogen functional groups attached to an aromatic ring is 2. The van der Waals surface area contributed by atoms with Crippen molar-refractivity contribution in [3.05, 3.63) is 33.4 Å². The molecule has 30 nitrogen and oxygen atoms in total. The lowest BCUT2D eigenvalue weighted by atomic mass is 10.1. The Labute approximate surface area is 315 Å². The van der Waals surface area contributed by atoms with Gasteiger partial charge in [-0.1, -0.05) is 4.98 Å². The summed E-state index contributed by atoms with van der Waals surface area (Å²) in [6.07, 6.45) is -9.98. The molecule has 0 radical (unpaired) electrons. The fraction of sp³-hybridized carbons (Fsp3) is 0.565. The molecule has 0 spiro atoms. The van der Waals surface area contributed by atoms with Gasteiger partial charge in [0.05, 0.1) is 26.6 Å². The Hall–Kier alpha value is -3.34. The normalized spacial score (nSPS) is 29.6. The highest BCUT2D eigenvalue weighted by atomic mass is 31.3. The van der Waals surface area contributed by atoms with Gasteiger partial charge in [0.2, 0.25) is 17.7 Å². The third-order valence-electron chi connectivity index (χ3n) is 8.33. The largest absolute Gasteiger partial charge is 0.479 e. The third-order valence-corrected chi connectivity index (χ3v) is 15.8. The maximum absolute atomic E-state index is 12.7. The van der Waals surface area contributed by atoms with Crippen LogP contribution in [0.4, 0.5) is 11.9 Å². The molecule has 0 saturated carbocycles. The predicted octanol–water partition coefficient (Wildman–Crippen LogP) is -3.67. The van der Waals surface area contributed by atoms with E-state index >= 15 is 0 Å². The Bertz CT molecular complexity index is 2490. The van der Waals surface area contributed by atoms with Crippen molar-refractivity contribution in [3.63, 3.8) is 0 Å². The van der Waals surface area contributed by atoms with Crippen LogP contribution in [0.5, 0.6) is 0 Å². The van der Waals surface area contributed by atoms with Crippen molar-refractivity contribution in [1.29, 1.82) is 0 Å². The smallest absolute Gasteiger partial charge is 0.387 e. The summed E-state index contributed by atoms with van der Waals surface area (Å²) in [6, 6.07) is 0. The van der Waals surface area contributed by atoms with E-state index in [9.17, 15) is 62.7 Å². The summed E-state index contributed by atoms with van der Waals surface area (Å²) in [5.41, 5.74) is 9.54. The Morgan fingerprint density at radius 2 is 1.42 bits per heavy atom. The predicted molar refractivity (Wildman–Crippen MR) is 183 cm³/mol. The van der Waals surface area contributed by atoms with Crippen LogP contribution in [-0.4, -0.2) is 132 Å². The summed E-state index contributed by atoms with van der Waals surface area (Å²) < 4.78 is 88.4. The van der Waals surface area contributed by atoms with Crippen LogP contribution >= 0.6 is 30.8 Å². The Kier molecular flexibility index (Phi) is 11.9. The molecule has 57 heavy (non-hydrogen) atoms. The first-order valence-corrected chi connectivity index (χ1v) is 22.3. The number of anilines is 2.